The van der Waals surface area contributed by atoms with E-state index in [1.807, 2.05) is 0 Å². The van der Waals surface area contributed by atoms with E-state index in [1.165, 1.54) is 12.1 Å². The Bertz CT molecular complexity index is 492. The van der Waals surface area contributed by atoms with Gasteiger partial charge in [0.15, 0.2) is 0 Å². The highest BCUT2D eigenvalue weighted by molar-refractivity contribution is 6.28. The maximum absolute atomic E-state index is 11.5. The molecule has 0 aliphatic heterocycles. The third kappa shape index (κ3) is 1.24. The lowest BCUT2D eigenvalue weighted by Gasteiger charge is -1.95. The van der Waals surface area contributed by atoms with Crippen LogP contribution in [0, 0.1) is 17.0 Å². The lowest BCUT2D eigenvalue weighted by atomic mass is 10.1. The average molecular weight is 205 g/mol. The zero-order valence-electron chi connectivity index (χ0n) is 7.89. The maximum Gasteiger partial charge on any atom is 0.336 e. The largest absolute Gasteiger partial charge is 0.336 e. The fourth-order valence-corrected chi connectivity index (χ4v) is 1.68. The Balaban J connectivity index is 2.60. The molecule has 0 saturated carbocycles. The molecule has 0 fully saturated rings. The smallest absolute Gasteiger partial charge is 0.286 e. The van der Waals surface area contributed by atoms with Crippen LogP contribution in [-0.2, 0) is 0 Å². The lowest BCUT2D eigenvalue weighted by molar-refractivity contribution is -0.488. The van der Waals surface area contributed by atoms with Gasteiger partial charge in [0.2, 0.25) is 11.6 Å². The SMILES string of the molecule is Cc1ccc2c(c1)C(=O)[C@H]([N+](=O)[O-])C2=O. The van der Waals surface area contributed by atoms with Crippen LogP contribution >= 0.6 is 0 Å². The summed E-state index contributed by atoms with van der Waals surface area (Å²) in [6, 6.07) is 2.90. The van der Waals surface area contributed by atoms with Gasteiger partial charge in [-0.25, -0.2) is 0 Å². The first-order chi connectivity index (χ1) is 7.02. The van der Waals surface area contributed by atoms with Crippen molar-refractivity contribution in [2.75, 3.05) is 0 Å². The minimum Gasteiger partial charge on any atom is -0.286 e. The first-order valence-electron chi connectivity index (χ1n) is 4.35. The molecule has 0 aromatic heterocycles. The molecule has 1 aromatic carbocycles. The van der Waals surface area contributed by atoms with Gasteiger partial charge < -0.3 is 0 Å². The normalized spacial score (nSPS) is 19.1. The van der Waals surface area contributed by atoms with Crippen molar-refractivity contribution in [3.63, 3.8) is 0 Å². The molecule has 1 atom stereocenters. The van der Waals surface area contributed by atoms with Gasteiger partial charge in [0.1, 0.15) is 0 Å². The van der Waals surface area contributed by atoms with Crippen molar-refractivity contribution in [2.24, 2.45) is 0 Å². The highest BCUT2D eigenvalue weighted by Crippen LogP contribution is 2.24. The number of nitro groups is 1. The van der Waals surface area contributed by atoms with E-state index in [4.69, 9.17) is 0 Å². The van der Waals surface area contributed by atoms with Crippen molar-refractivity contribution in [2.45, 2.75) is 13.0 Å². The number of hydrogen-bond acceptors (Lipinski definition) is 4. The molecular weight excluding hydrogens is 198 g/mol. The van der Waals surface area contributed by atoms with Crippen molar-refractivity contribution in [1.82, 2.24) is 0 Å². The van der Waals surface area contributed by atoms with E-state index >= 15 is 0 Å². The van der Waals surface area contributed by atoms with E-state index in [0.717, 1.165) is 5.56 Å². The van der Waals surface area contributed by atoms with Gasteiger partial charge in [-0.05, 0) is 13.0 Å². The van der Waals surface area contributed by atoms with Crippen LogP contribution in [0.3, 0.4) is 0 Å². The van der Waals surface area contributed by atoms with Crippen molar-refractivity contribution in [1.29, 1.82) is 0 Å². The number of aryl methyl sites for hydroxylation is 1. The molecule has 15 heavy (non-hydrogen) atoms. The third-order valence-corrected chi connectivity index (χ3v) is 2.41. The summed E-state index contributed by atoms with van der Waals surface area (Å²) >= 11 is 0. The molecule has 1 aliphatic rings. The third-order valence-electron chi connectivity index (χ3n) is 2.41. The Morgan fingerprint density at radius 2 is 1.80 bits per heavy atom. The predicted octanol–water partition coefficient (Wildman–Crippen LogP) is 1.02. The molecule has 0 radical (unpaired) electrons. The monoisotopic (exact) mass is 205 g/mol. The Hall–Kier alpha value is -2.04. The van der Waals surface area contributed by atoms with Gasteiger partial charge in [0.25, 0.3) is 0 Å². The number of rotatable bonds is 1. The van der Waals surface area contributed by atoms with Crippen molar-refractivity contribution in [3.05, 3.63) is 45.0 Å². The standard InChI is InChI=1S/C10H7NO4/c1-5-2-3-6-7(4-5)10(13)8(9(6)12)11(14)15/h2-4,8H,1H3/t8-/m1/s1. The number of nitrogens with zero attached hydrogens (tertiary/aromatic N) is 1. The molecule has 76 valence electrons. The fourth-order valence-electron chi connectivity index (χ4n) is 1.68. The Morgan fingerprint density at radius 1 is 1.20 bits per heavy atom. The van der Waals surface area contributed by atoms with Crippen LogP contribution in [0.15, 0.2) is 18.2 Å². The summed E-state index contributed by atoms with van der Waals surface area (Å²) in [6.45, 7) is 1.76. The van der Waals surface area contributed by atoms with Crippen LogP contribution in [0.2, 0.25) is 0 Å². The zero-order valence-corrected chi connectivity index (χ0v) is 7.89. The second-order valence-corrected chi connectivity index (χ2v) is 3.47. The Labute approximate surface area is 84.9 Å². The van der Waals surface area contributed by atoms with Crippen LogP contribution < -0.4 is 0 Å². The van der Waals surface area contributed by atoms with Gasteiger partial charge in [-0.2, -0.15) is 0 Å². The topological polar surface area (TPSA) is 77.3 Å². The van der Waals surface area contributed by atoms with E-state index in [0.29, 0.717) is 0 Å². The molecule has 0 bridgehead atoms. The molecule has 2 rings (SSSR count). The van der Waals surface area contributed by atoms with Crippen molar-refractivity contribution >= 4 is 11.6 Å². The van der Waals surface area contributed by atoms with E-state index < -0.39 is 22.5 Å². The van der Waals surface area contributed by atoms with E-state index in [-0.39, 0.29) is 11.1 Å². The number of carbonyl (C=O) groups is 2. The fraction of sp³-hybridized carbons (Fsp3) is 0.200. The molecule has 1 aliphatic carbocycles. The summed E-state index contributed by atoms with van der Waals surface area (Å²) in [7, 11) is 0. The quantitative estimate of drug-likeness (QED) is 0.389. The van der Waals surface area contributed by atoms with Gasteiger partial charge in [-0.1, -0.05) is 17.7 Å². The zero-order chi connectivity index (χ0) is 11.2. The van der Waals surface area contributed by atoms with Crippen LogP contribution in [0.5, 0.6) is 0 Å². The minimum absolute atomic E-state index is 0.160. The number of Topliss-reactive ketones (excluding diaryl/α,β-unsaturated/α-hetero) is 2. The van der Waals surface area contributed by atoms with Gasteiger partial charge >= 0.3 is 6.04 Å². The van der Waals surface area contributed by atoms with Gasteiger partial charge in [0, 0.05) is 16.1 Å². The van der Waals surface area contributed by atoms with Crippen molar-refractivity contribution < 1.29 is 14.5 Å². The predicted molar refractivity (Wildman–Crippen MR) is 50.6 cm³/mol. The molecule has 5 nitrogen and oxygen atoms in total. The molecule has 0 unspecified atom stereocenters. The summed E-state index contributed by atoms with van der Waals surface area (Å²) in [5, 5.41) is 10.5. The molecular formula is C10H7NO4. The number of fused-ring (bicyclic) bond motifs is 1. The maximum atomic E-state index is 11.5. The van der Waals surface area contributed by atoms with E-state index in [1.54, 1.807) is 13.0 Å². The van der Waals surface area contributed by atoms with Crippen LogP contribution in [0.25, 0.3) is 0 Å². The second kappa shape index (κ2) is 2.98. The molecule has 0 saturated heterocycles. The number of ketones is 2. The first kappa shape index (κ1) is 9.51. The number of benzene rings is 1. The Morgan fingerprint density at radius 3 is 2.40 bits per heavy atom. The molecule has 1 aromatic rings. The van der Waals surface area contributed by atoms with E-state index in [9.17, 15) is 19.7 Å². The minimum atomic E-state index is -1.73. The molecule has 5 heteroatoms. The molecule has 0 spiro atoms. The Kier molecular flexibility index (Phi) is 1.89. The molecule has 0 heterocycles. The summed E-state index contributed by atoms with van der Waals surface area (Å²) in [4.78, 5) is 32.7. The van der Waals surface area contributed by atoms with Crippen molar-refractivity contribution in [3.8, 4) is 0 Å². The van der Waals surface area contributed by atoms with Crippen LogP contribution in [-0.4, -0.2) is 22.5 Å². The summed E-state index contributed by atoms with van der Waals surface area (Å²) < 4.78 is 0. The van der Waals surface area contributed by atoms with Crippen LogP contribution in [0.1, 0.15) is 26.3 Å². The molecule has 0 amide bonds. The van der Waals surface area contributed by atoms with Gasteiger partial charge in [-0.3, -0.25) is 19.7 Å². The van der Waals surface area contributed by atoms with E-state index in [2.05, 4.69) is 0 Å². The summed E-state index contributed by atoms with van der Waals surface area (Å²) in [5.74, 6) is -1.41. The first-order valence-corrected chi connectivity index (χ1v) is 4.35. The molecule has 0 N–H and O–H groups in total. The highest BCUT2D eigenvalue weighted by atomic mass is 16.6. The lowest BCUT2D eigenvalue weighted by Crippen LogP contribution is -2.31. The summed E-state index contributed by atoms with van der Waals surface area (Å²) in [5.41, 5.74) is 1.13. The van der Waals surface area contributed by atoms with Crippen LogP contribution in [0.4, 0.5) is 0 Å². The highest BCUT2D eigenvalue weighted by Gasteiger charge is 2.47. The number of hydrogen-bond donors (Lipinski definition) is 0. The number of carbonyl (C=O) groups excluding carboxylic acids is 2. The second-order valence-electron chi connectivity index (χ2n) is 3.47. The summed E-state index contributed by atoms with van der Waals surface area (Å²) in [6.07, 6.45) is 0. The van der Waals surface area contributed by atoms with Gasteiger partial charge in [0.05, 0.1) is 0 Å². The average Bonchev–Trinajstić information content (AvgIpc) is 2.39. The van der Waals surface area contributed by atoms with Gasteiger partial charge in [-0.15, -0.1) is 0 Å².